The number of amides is 1. The zero-order chi connectivity index (χ0) is 13.8. The Morgan fingerprint density at radius 3 is 2.33 bits per heavy atom. The SMILES string of the molecule is CC(C)C[C@](N)(C(N)=O)C(=O)CC1CCSCC1. The fourth-order valence-electron chi connectivity index (χ4n) is 2.39. The molecule has 1 aliphatic heterocycles. The molecule has 104 valence electrons. The summed E-state index contributed by atoms with van der Waals surface area (Å²) in [6, 6.07) is 0. The standard InChI is InChI=1S/C13H24N2O2S/c1-9(2)8-13(15,12(14)17)11(16)7-10-3-5-18-6-4-10/h9-10H,3-8,15H2,1-2H3,(H2,14,17)/t13-/m1/s1. The van der Waals surface area contributed by atoms with Crippen molar-refractivity contribution in [3.63, 3.8) is 0 Å². The van der Waals surface area contributed by atoms with E-state index < -0.39 is 11.4 Å². The van der Waals surface area contributed by atoms with Crippen molar-refractivity contribution < 1.29 is 9.59 Å². The van der Waals surface area contributed by atoms with Crippen molar-refractivity contribution in [2.75, 3.05) is 11.5 Å². The molecular formula is C13H24N2O2S. The van der Waals surface area contributed by atoms with Crippen LogP contribution < -0.4 is 11.5 Å². The maximum atomic E-state index is 12.3. The van der Waals surface area contributed by atoms with E-state index in [0.717, 1.165) is 24.3 Å². The summed E-state index contributed by atoms with van der Waals surface area (Å²) in [4.78, 5) is 23.8. The van der Waals surface area contributed by atoms with Crippen LogP contribution in [-0.4, -0.2) is 28.7 Å². The second-order valence-corrected chi connectivity index (χ2v) is 6.84. The predicted octanol–water partition coefficient (Wildman–Crippen LogP) is 1.32. The fourth-order valence-corrected chi connectivity index (χ4v) is 3.59. The van der Waals surface area contributed by atoms with Crippen LogP contribution in [0, 0.1) is 11.8 Å². The zero-order valence-corrected chi connectivity index (χ0v) is 12.1. The Kier molecular flexibility index (Phi) is 5.66. The molecular weight excluding hydrogens is 248 g/mol. The largest absolute Gasteiger partial charge is 0.368 e. The molecule has 1 aliphatic rings. The lowest BCUT2D eigenvalue weighted by Crippen LogP contribution is -2.59. The minimum atomic E-state index is -1.47. The van der Waals surface area contributed by atoms with Gasteiger partial charge >= 0.3 is 0 Å². The van der Waals surface area contributed by atoms with E-state index in [4.69, 9.17) is 11.5 Å². The summed E-state index contributed by atoms with van der Waals surface area (Å²) in [7, 11) is 0. The first-order chi connectivity index (χ1) is 8.36. The highest BCUT2D eigenvalue weighted by Crippen LogP contribution is 2.28. The number of hydrogen-bond acceptors (Lipinski definition) is 4. The van der Waals surface area contributed by atoms with E-state index in [1.807, 2.05) is 25.6 Å². The highest BCUT2D eigenvalue weighted by atomic mass is 32.2. The number of carbonyl (C=O) groups is 2. The Hall–Kier alpha value is -0.550. The molecule has 1 fully saturated rings. The molecule has 1 heterocycles. The smallest absolute Gasteiger partial charge is 0.245 e. The second kappa shape index (κ2) is 6.57. The number of thioether (sulfide) groups is 1. The quantitative estimate of drug-likeness (QED) is 0.714. The number of hydrogen-bond donors (Lipinski definition) is 2. The lowest BCUT2D eigenvalue weighted by Gasteiger charge is -2.29. The normalized spacial score (nSPS) is 20.7. The molecule has 0 unspecified atom stereocenters. The van der Waals surface area contributed by atoms with Crippen molar-refractivity contribution in [2.24, 2.45) is 23.3 Å². The minimum absolute atomic E-state index is 0.174. The number of ketones is 1. The topological polar surface area (TPSA) is 86.2 Å². The molecule has 4 nitrogen and oxygen atoms in total. The van der Waals surface area contributed by atoms with Gasteiger partial charge < -0.3 is 11.5 Å². The van der Waals surface area contributed by atoms with Crippen molar-refractivity contribution in [2.45, 2.75) is 45.1 Å². The summed E-state index contributed by atoms with van der Waals surface area (Å²) >= 11 is 1.92. The van der Waals surface area contributed by atoms with E-state index in [0.29, 0.717) is 18.8 Å². The highest BCUT2D eigenvalue weighted by molar-refractivity contribution is 7.99. The van der Waals surface area contributed by atoms with Crippen LogP contribution >= 0.6 is 11.8 Å². The van der Waals surface area contributed by atoms with Gasteiger partial charge in [-0.1, -0.05) is 13.8 Å². The van der Waals surface area contributed by atoms with Crippen molar-refractivity contribution in [3.05, 3.63) is 0 Å². The number of Topliss-reactive ketones (excluding diaryl/α,β-unsaturated/α-hetero) is 1. The Balaban J connectivity index is 2.67. The van der Waals surface area contributed by atoms with Crippen LogP contribution in [0.2, 0.25) is 0 Å². The molecule has 0 bridgehead atoms. The molecule has 1 saturated heterocycles. The molecule has 1 rings (SSSR count). The third-order valence-electron chi connectivity index (χ3n) is 3.48. The summed E-state index contributed by atoms with van der Waals surface area (Å²) < 4.78 is 0. The maximum absolute atomic E-state index is 12.3. The van der Waals surface area contributed by atoms with Gasteiger partial charge in [0.1, 0.15) is 0 Å². The van der Waals surface area contributed by atoms with E-state index in [9.17, 15) is 9.59 Å². The van der Waals surface area contributed by atoms with Gasteiger partial charge in [0.25, 0.3) is 0 Å². The molecule has 0 aromatic heterocycles. The summed E-state index contributed by atoms with van der Waals surface area (Å²) in [5.74, 6) is 1.86. The van der Waals surface area contributed by atoms with Gasteiger partial charge in [0.05, 0.1) is 0 Å². The molecule has 0 spiro atoms. The molecule has 0 saturated carbocycles. The molecule has 18 heavy (non-hydrogen) atoms. The van der Waals surface area contributed by atoms with Gasteiger partial charge in [-0.15, -0.1) is 0 Å². The van der Waals surface area contributed by atoms with E-state index in [-0.39, 0.29) is 11.7 Å². The number of nitrogens with two attached hydrogens (primary N) is 2. The van der Waals surface area contributed by atoms with Crippen molar-refractivity contribution in [3.8, 4) is 0 Å². The van der Waals surface area contributed by atoms with Crippen molar-refractivity contribution >= 4 is 23.5 Å². The molecule has 0 radical (unpaired) electrons. The van der Waals surface area contributed by atoms with Gasteiger partial charge in [0.15, 0.2) is 11.3 Å². The van der Waals surface area contributed by atoms with Gasteiger partial charge in [0.2, 0.25) is 5.91 Å². The second-order valence-electron chi connectivity index (χ2n) is 5.62. The third kappa shape index (κ3) is 3.99. The van der Waals surface area contributed by atoms with Crippen LogP contribution in [0.25, 0.3) is 0 Å². The van der Waals surface area contributed by atoms with Crippen LogP contribution in [0.3, 0.4) is 0 Å². The minimum Gasteiger partial charge on any atom is -0.368 e. The molecule has 0 aromatic carbocycles. The Labute approximate surface area is 113 Å². The number of rotatable bonds is 6. The van der Waals surface area contributed by atoms with Gasteiger partial charge in [0, 0.05) is 6.42 Å². The molecule has 0 aliphatic carbocycles. The van der Waals surface area contributed by atoms with E-state index >= 15 is 0 Å². The molecule has 5 heteroatoms. The molecule has 1 atom stereocenters. The fraction of sp³-hybridized carbons (Fsp3) is 0.846. The highest BCUT2D eigenvalue weighted by Gasteiger charge is 2.41. The third-order valence-corrected chi connectivity index (χ3v) is 4.53. The summed E-state index contributed by atoms with van der Waals surface area (Å²) in [6.45, 7) is 3.88. The number of primary amides is 1. The average Bonchev–Trinajstić information content (AvgIpc) is 2.29. The maximum Gasteiger partial charge on any atom is 0.245 e. The molecule has 4 N–H and O–H groups in total. The van der Waals surface area contributed by atoms with Crippen molar-refractivity contribution in [1.29, 1.82) is 0 Å². The summed E-state index contributed by atoms with van der Waals surface area (Å²) in [6.07, 6.45) is 2.80. The lowest BCUT2D eigenvalue weighted by molar-refractivity contribution is -0.135. The van der Waals surface area contributed by atoms with Crippen LogP contribution in [0.5, 0.6) is 0 Å². The predicted molar refractivity (Wildman–Crippen MR) is 75.2 cm³/mol. The van der Waals surface area contributed by atoms with Crippen LogP contribution in [-0.2, 0) is 9.59 Å². The van der Waals surface area contributed by atoms with Crippen LogP contribution in [0.15, 0.2) is 0 Å². The molecule has 1 amide bonds. The summed E-state index contributed by atoms with van der Waals surface area (Å²) in [5.41, 5.74) is 9.84. The van der Waals surface area contributed by atoms with Gasteiger partial charge in [-0.3, -0.25) is 9.59 Å². The van der Waals surface area contributed by atoms with Gasteiger partial charge in [-0.25, -0.2) is 0 Å². The number of carbonyl (C=O) groups excluding carboxylic acids is 2. The van der Waals surface area contributed by atoms with Crippen LogP contribution in [0.1, 0.15) is 39.5 Å². The van der Waals surface area contributed by atoms with Gasteiger partial charge in [-0.05, 0) is 42.6 Å². The summed E-state index contributed by atoms with van der Waals surface area (Å²) in [5, 5.41) is 0. The lowest BCUT2D eigenvalue weighted by atomic mass is 9.80. The van der Waals surface area contributed by atoms with E-state index in [2.05, 4.69) is 0 Å². The Bertz CT molecular complexity index is 314. The first-order valence-electron chi connectivity index (χ1n) is 6.56. The molecule has 0 aromatic rings. The zero-order valence-electron chi connectivity index (χ0n) is 11.3. The van der Waals surface area contributed by atoms with Crippen molar-refractivity contribution in [1.82, 2.24) is 0 Å². The van der Waals surface area contributed by atoms with E-state index in [1.165, 1.54) is 0 Å². The first-order valence-corrected chi connectivity index (χ1v) is 7.71. The first kappa shape index (κ1) is 15.5. The Morgan fingerprint density at radius 2 is 1.89 bits per heavy atom. The van der Waals surface area contributed by atoms with Crippen LogP contribution in [0.4, 0.5) is 0 Å². The average molecular weight is 272 g/mol. The van der Waals surface area contributed by atoms with E-state index in [1.54, 1.807) is 0 Å². The Morgan fingerprint density at radius 1 is 1.33 bits per heavy atom. The van der Waals surface area contributed by atoms with Gasteiger partial charge in [-0.2, -0.15) is 11.8 Å². The monoisotopic (exact) mass is 272 g/mol.